The Morgan fingerprint density at radius 1 is 0.971 bits per heavy atom. The van der Waals surface area contributed by atoms with E-state index in [0.29, 0.717) is 31.0 Å². The molecule has 0 aromatic heterocycles. The predicted octanol–water partition coefficient (Wildman–Crippen LogP) is 6.10. The van der Waals surface area contributed by atoms with Crippen molar-refractivity contribution in [1.82, 2.24) is 4.90 Å². The van der Waals surface area contributed by atoms with Crippen molar-refractivity contribution in [2.45, 2.75) is 26.1 Å². The third-order valence-corrected chi connectivity index (χ3v) is 5.66. The SMILES string of the molecule is Cc1cccc(CN2CCCN(c3cccc(NC(=O)c4ccc(C(F)(F)F)cc4)c3)C2=O)c1. The smallest absolute Gasteiger partial charge is 0.322 e. The van der Waals surface area contributed by atoms with Crippen molar-refractivity contribution in [3.63, 3.8) is 0 Å². The fourth-order valence-electron chi connectivity index (χ4n) is 3.96. The molecule has 1 aliphatic heterocycles. The van der Waals surface area contributed by atoms with Crippen molar-refractivity contribution >= 4 is 23.3 Å². The summed E-state index contributed by atoms with van der Waals surface area (Å²) in [5.74, 6) is -0.531. The number of amides is 3. The molecule has 1 saturated heterocycles. The van der Waals surface area contributed by atoms with Crippen LogP contribution in [0.4, 0.5) is 29.3 Å². The van der Waals surface area contributed by atoms with E-state index >= 15 is 0 Å². The number of benzene rings is 3. The van der Waals surface area contributed by atoms with Crippen LogP contribution >= 0.6 is 0 Å². The van der Waals surface area contributed by atoms with Crippen molar-refractivity contribution in [1.29, 1.82) is 0 Å². The highest BCUT2D eigenvalue weighted by Crippen LogP contribution is 2.29. The lowest BCUT2D eigenvalue weighted by molar-refractivity contribution is -0.137. The minimum absolute atomic E-state index is 0.108. The minimum atomic E-state index is -4.46. The normalized spacial score (nSPS) is 14.3. The number of nitrogens with zero attached hydrogens (tertiary/aromatic N) is 2. The maximum absolute atomic E-state index is 13.2. The molecule has 0 aliphatic carbocycles. The van der Waals surface area contributed by atoms with Crippen LogP contribution in [0.1, 0.15) is 33.5 Å². The molecule has 1 N–H and O–H groups in total. The average Bonchev–Trinajstić information content (AvgIpc) is 2.80. The number of aryl methyl sites for hydroxylation is 1. The summed E-state index contributed by atoms with van der Waals surface area (Å²) in [4.78, 5) is 29.2. The number of carbonyl (C=O) groups is 2. The number of halogens is 3. The second-order valence-electron chi connectivity index (χ2n) is 8.28. The minimum Gasteiger partial charge on any atom is -0.322 e. The van der Waals surface area contributed by atoms with E-state index in [0.717, 1.165) is 41.8 Å². The molecule has 0 unspecified atom stereocenters. The van der Waals surface area contributed by atoms with Gasteiger partial charge in [0.15, 0.2) is 0 Å². The molecule has 3 aromatic rings. The van der Waals surface area contributed by atoms with Gasteiger partial charge in [0.1, 0.15) is 0 Å². The molecule has 176 valence electrons. The summed E-state index contributed by atoms with van der Waals surface area (Å²) in [6.45, 7) is 3.74. The van der Waals surface area contributed by atoms with Crippen LogP contribution in [-0.4, -0.2) is 29.9 Å². The molecule has 0 radical (unpaired) electrons. The van der Waals surface area contributed by atoms with Gasteiger partial charge in [0.2, 0.25) is 0 Å². The average molecular weight is 467 g/mol. The van der Waals surface area contributed by atoms with Gasteiger partial charge in [-0.1, -0.05) is 35.9 Å². The third kappa shape index (κ3) is 5.39. The van der Waals surface area contributed by atoms with Gasteiger partial charge >= 0.3 is 12.2 Å². The Hall–Kier alpha value is -3.81. The Kier molecular flexibility index (Phi) is 6.58. The van der Waals surface area contributed by atoms with Gasteiger partial charge in [-0.25, -0.2) is 4.79 Å². The largest absolute Gasteiger partial charge is 0.416 e. The number of hydrogen-bond acceptors (Lipinski definition) is 2. The molecule has 0 bridgehead atoms. The fraction of sp³-hybridized carbons (Fsp3) is 0.231. The molecule has 0 atom stereocenters. The number of carbonyl (C=O) groups excluding carboxylic acids is 2. The van der Waals surface area contributed by atoms with E-state index in [9.17, 15) is 22.8 Å². The van der Waals surface area contributed by atoms with Gasteiger partial charge in [-0.3, -0.25) is 9.69 Å². The first kappa shape index (κ1) is 23.4. The van der Waals surface area contributed by atoms with Crippen LogP contribution in [0, 0.1) is 6.92 Å². The monoisotopic (exact) mass is 467 g/mol. The lowest BCUT2D eigenvalue weighted by atomic mass is 10.1. The number of alkyl halides is 3. The lowest BCUT2D eigenvalue weighted by Gasteiger charge is -2.36. The van der Waals surface area contributed by atoms with Crippen molar-refractivity contribution in [3.05, 3.63) is 95.1 Å². The molecule has 5 nitrogen and oxygen atoms in total. The van der Waals surface area contributed by atoms with Crippen molar-refractivity contribution in [2.75, 3.05) is 23.3 Å². The van der Waals surface area contributed by atoms with Gasteiger partial charge in [-0.05, 0) is 61.4 Å². The highest BCUT2D eigenvalue weighted by molar-refractivity contribution is 6.04. The zero-order valence-electron chi connectivity index (χ0n) is 18.6. The van der Waals surface area contributed by atoms with Gasteiger partial charge in [0, 0.05) is 36.6 Å². The Bertz CT molecular complexity index is 1190. The van der Waals surface area contributed by atoms with E-state index in [1.807, 2.05) is 25.1 Å². The highest BCUT2D eigenvalue weighted by atomic mass is 19.4. The lowest BCUT2D eigenvalue weighted by Crippen LogP contribution is -2.49. The molecule has 1 fully saturated rings. The predicted molar refractivity (Wildman–Crippen MR) is 125 cm³/mol. The number of nitrogens with one attached hydrogen (secondary N) is 1. The van der Waals surface area contributed by atoms with Gasteiger partial charge in [-0.15, -0.1) is 0 Å². The van der Waals surface area contributed by atoms with Crippen LogP contribution in [0.5, 0.6) is 0 Å². The number of hydrogen-bond donors (Lipinski definition) is 1. The molecular formula is C26H24F3N3O2. The van der Waals surface area contributed by atoms with Gasteiger partial charge in [-0.2, -0.15) is 13.2 Å². The molecule has 0 spiro atoms. The number of urea groups is 1. The summed E-state index contributed by atoms with van der Waals surface area (Å²) in [5.41, 5.74) is 2.58. The van der Waals surface area contributed by atoms with Crippen LogP contribution in [0.25, 0.3) is 0 Å². The van der Waals surface area contributed by atoms with Gasteiger partial charge in [0.05, 0.1) is 5.56 Å². The first-order valence-corrected chi connectivity index (χ1v) is 10.9. The maximum atomic E-state index is 13.2. The zero-order valence-corrected chi connectivity index (χ0v) is 18.6. The van der Waals surface area contributed by atoms with Crippen LogP contribution in [-0.2, 0) is 12.7 Å². The molecule has 0 saturated carbocycles. The van der Waals surface area contributed by atoms with E-state index in [4.69, 9.17) is 0 Å². The molecule has 8 heteroatoms. The molecule has 1 aliphatic rings. The molecule has 4 rings (SSSR count). The van der Waals surface area contributed by atoms with Crippen LogP contribution < -0.4 is 10.2 Å². The Morgan fingerprint density at radius 2 is 1.71 bits per heavy atom. The Balaban J connectivity index is 1.46. The van der Waals surface area contributed by atoms with Gasteiger partial charge < -0.3 is 10.2 Å². The molecule has 3 aromatic carbocycles. The Labute approximate surface area is 195 Å². The quantitative estimate of drug-likeness (QED) is 0.493. The standard InChI is InChI=1S/C26H24F3N3O2/c1-18-5-2-6-19(15-18)17-31-13-4-14-32(25(31)34)23-8-3-7-22(16-23)30-24(33)20-9-11-21(12-10-20)26(27,28)29/h2-3,5-12,15-16H,4,13-14,17H2,1H3,(H,30,33). The van der Waals surface area contributed by atoms with Crippen LogP contribution in [0.15, 0.2) is 72.8 Å². The van der Waals surface area contributed by atoms with Gasteiger partial charge in [0.25, 0.3) is 5.91 Å². The molecule has 3 amide bonds. The summed E-state index contributed by atoms with van der Waals surface area (Å²) < 4.78 is 38.3. The zero-order chi connectivity index (χ0) is 24.3. The van der Waals surface area contributed by atoms with Crippen molar-refractivity contribution in [2.24, 2.45) is 0 Å². The first-order valence-electron chi connectivity index (χ1n) is 10.9. The second-order valence-corrected chi connectivity index (χ2v) is 8.28. The number of rotatable bonds is 5. The number of anilines is 2. The molecule has 1 heterocycles. The summed E-state index contributed by atoms with van der Waals surface area (Å²) in [7, 11) is 0. The molecular weight excluding hydrogens is 443 g/mol. The maximum Gasteiger partial charge on any atom is 0.416 e. The first-order chi connectivity index (χ1) is 16.2. The Morgan fingerprint density at radius 3 is 2.41 bits per heavy atom. The van der Waals surface area contributed by atoms with Crippen molar-refractivity contribution in [3.8, 4) is 0 Å². The summed E-state index contributed by atoms with van der Waals surface area (Å²) >= 11 is 0. The highest BCUT2D eigenvalue weighted by Gasteiger charge is 2.30. The van der Waals surface area contributed by atoms with Crippen molar-refractivity contribution < 1.29 is 22.8 Å². The van der Waals surface area contributed by atoms with E-state index in [1.165, 1.54) is 0 Å². The summed E-state index contributed by atoms with van der Waals surface area (Å²) in [6, 6.07) is 18.8. The second kappa shape index (κ2) is 9.59. The van der Waals surface area contributed by atoms with E-state index in [2.05, 4.69) is 11.4 Å². The summed E-state index contributed by atoms with van der Waals surface area (Å²) in [6.07, 6.45) is -3.66. The van der Waals surface area contributed by atoms with E-state index < -0.39 is 17.6 Å². The van der Waals surface area contributed by atoms with E-state index in [-0.39, 0.29) is 11.6 Å². The topological polar surface area (TPSA) is 52.6 Å². The third-order valence-electron chi connectivity index (χ3n) is 5.66. The fourth-order valence-corrected chi connectivity index (χ4v) is 3.96. The van der Waals surface area contributed by atoms with Crippen LogP contribution in [0.2, 0.25) is 0 Å². The molecule has 34 heavy (non-hydrogen) atoms. The van der Waals surface area contributed by atoms with Crippen LogP contribution in [0.3, 0.4) is 0 Å². The van der Waals surface area contributed by atoms with E-state index in [1.54, 1.807) is 34.1 Å². The summed E-state index contributed by atoms with van der Waals surface area (Å²) in [5, 5.41) is 2.70.